The first-order chi connectivity index (χ1) is 5.12. The lowest BCUT2D eigenvalue weighted by Gasteiger charge is -2.30. The second-order valence-electron chi connectivity index (χ2n) is 4.00. The molecular weight excluding hydrogens is 162 g/mol. The van der Waals surface area contributed by atoms with Crippen LogP contribution >= 0.6 is 0 Å². The standard InChI is InChI=1S/C7H15NO4/c1-8(2,3)5-7(11,12)4-6(9)10/h11-12H,4-5H2,1-3H3/p+1. The molecule has 0 aliphatic carbocycles. The average molecular weight is 178 g/mol. The van der Waals surface area contributed by atoms with E-state index in [0.717, 1.165) is 0 Å². The first-order valence-electron chi connectivity index (χ1n) is 3.59. The van der Waals surface area contributed by atoms with E-state index < -0.39 is 18.2 Å². The number of nitrogens with zero attached hydrogens (tertiary/aromatic N) is 1. The smallest absolute Gasteiger partial charge is 0.309 e. The van der Waals surface area contributed by atoms with Gasteiger partial charge in [-0.25, -0.2) is 0 Å². The average Bonchev–Trinajstić information content (AvgIpc) is 1.48. The summed E-state index contributed by atoms with van der Waals surface area (Å²) in [5, 5.41) is 26.7. The van der Waals surface area contributed by atoms with Crippen LogP contribution in [0.4, 0.5) is 0 Å². The monoisotopic (exact) mass is 178 g/mol. The number of carboxylic acids is 1. The highest BCUT2D eigenvalue weighted by Crippen LogP contribution is 2.09. The maximum atomic E-state index is 10.2. The molecule has 0 aromatic heterocycles. The summed E-state index contributed by atoms with van der Waals surface area (Å²) >= 11 is 0. The fraction of sp³-hybridized carbons (Fsp3) is 0.857. The SMILES string of the molecule is C[N+](C)(C)CC(O)(O)CC(=O)O. The number of hydrogen-bond donors (Lipinski definition) is 3. The molecule has 5 heteroatoms. The molecule has 0 aliphatic rings. The van der Waals surface area contributed by atoms with Crippen LogP contribution in [0.25, 0.3) is 0 Å². The Bertz CT molecular complexity index is 171. The highest BCUT2D eigenvalue weighted by atomic mass is 16.5. The van der Waals surface area contributed by atoms with Crippen molar-refractivity contribution in [3.8, 4) is 0 Å². The molecule has 0 amide bonds. The number of rotatable bonds is 4. The maximum Gasteiger partial charge on any atom is 0.309 e. The first-order valence-corrected chi connectivity index (χ1v) is 3.59. The van der Waals surface area contributed by atoms with Crippen LogP contribution in [-0.4, -0.2) is 59.2 Å². The lowest BCUT2D eigenvalue weighted by molar-refractivity contribution is -0.880. The second-order valence-corrected chi connectivity index (χ2v) is 4.00. The Morgan fingerprint density at radius 2 is 1.75 bits per heavy atom. The maximum absolute atomic E-state index is 10.2. The fourth-order valence-corrected chi connectivity index (χ4v) is 1.06. The lowest BCUT2D eigenvalue weighted by atomic mass is 10.2. The van der Waals surface area contributed by atoms with Gasteiger partial charge in [0.15, 0.2) is 0 Å². The first kappa shape index (κ1) is 11.4. The van der Waals surface area contributed by atoms with Crippen molar-refractivity contribution in [2.45, 2.75) is 12.2 Å². The summed E-state index contributed by atoms with van der Waals surface area (Å²) in [7, 11) is 5.26. The van der Waals surface area contributed by atoms with Crippen LogP contribution in [0.3, 0.4) is 0 Å². The van der Waals surface area contributed by atoms with E-state index in [1.807, 2.05) is 0 Å². The Balaban J connectivity index is 4.13. The Kier molecular flexibility index (Phi) is 3.20. The van der Waals surface area contributed by atoms with E-state index in [0.29, 0.717) is 4.48 Å². The van der Waals surface area contributed by atoms with Gasteiger partial charge in [-0.2, -0.15) is 0 Å². The summed E-state index contributed by atoms with van der Waals surface area (Å²) < 4.78 is 0.306. The molecule has 0 radical (unpaired) electrons. The number of carboxylic acid groups (broad SMARTS) is 1. The summed E-state index contributed by atoms with van der Waals surface area (Å²) in [4.78, 5) is 10.2. The van der Waals surface area contributed by atoms with Gasteiger partial charge in [-0.3, -0.25) is 4.79 Å². The van der Waals surface area contributed by atoms with Gasteiger partial charge in [0, 0.05) is 0 Å². The van der Waals surface area contributed by atoms with Crippen LogP contribution in [0.15, 0.2) is 0 Å². The minimum Gasteiger partial charge on any atom is -0.481 e. The van der Waals surface area contributed by atoms with Crippen molar-refractivity contribution < 1.29 is 24.6 Å². The van der Waals surface area contributed by atoms with Gasteiger partial charge in [0.2, 0.25) is 5.79 Å². The highest BCUT2D eigenvalue weighted by molar-refractivity contribution is 5.67. The number of likely N-dealkylation sites (N-methyl/N-ethyl adjacent to an activating group) is 1. The number of carbonyl (C=O) groups is 1. The molecule has 0 fully saturated rings. The third-order valence-corrected chi connectivity index (χ3v) is 1.16. The third-order valence-electron chi connectivity index (χ3n) is 1.16. The predicted octanol–water partition coefficient (Wildman–Crippen LogP) is -1.15. The Labute approximate surface area is 71.4 Å². The van der Waals surface area contributed by atoms with E-state index in [1.165, 1.54) is 0 Å². The van der Waals surface area contributed by atoms with E-state index in [9.17, 15) is 15.0 Å². The summed E-state index contributed by atoms with van der Waals surface area (Å²) in [6, 6.07) is 0. The molecule has 12 heavy (non-hydrogen) atoms. The molecule has 0 aliphatic heterocycles. The van der Waals surface area contributed by atoms with Gasteiger partial charge < -0.3 is 19.8 Å². The highest BCUT2D eigenvalue weighted by Gasteiger charge is 2.33. The Morgan fingerprint density at radius 1 is 1.33 bits per heavy atom. The predicted molar refractivity (Wildman–Crippen MR) is 42.3 cm³/mol. The summed E-state index contributed by atoms with van der Waals surface area (Å²) in [6.07, 6.45) is -0.650. The molecule has 0 saturated carbocycles. The van der Waals surface area contributed by atoms with Gasteiger partial charge in [-0.1, -0.05) is 0 Å². The molecule has 0 aromatic carbocycles. The van der Waals surface area contributed by atoms with E-state index in [2.05, 4.69) is 0 Å². The summed E-state index contributed by atoms with van der Waals surface area (Å²) in [5.41, 5.74) is 0. The quantitative estimate of drug-likeness (QED) is 0.375. The van der Waals surface area contributed by atoms with Crippen molar-refractivity contribution in [2.24, 2.45) is 0 Å². The normalized spacial score (nSPS) is 13.1. The summed E-state index contributed by atoms with van der Waals surface area (Å²) in [6.45, 7) is -0.0146. The van der Waals surface area contributed by atoms with Gasteiger partial charge in [0.25, 0.3) is 0 Å². The van der Waals surface area contributed by atoms with Crippen molar-refractivity contribution >= 4 is 5.97 Å². The molecule has 3 N–H and O–H groups in total. The van der Waals surface area contributed by atoms with E-state index in [-0.39, 0.29) is 6.54 Å². The zero-order valence-corrected chi connectivity index (χ0v) is 7.61. The zero-order chi connectivity index (χ0) is 9.99. The minimum atomic E-state index is -2.12. The summed E-state index contributed by atoms with van der Waals surface area (Å²) in [5.74, 6) is -3.34. The van der Waals surface area contributed by atoms with Crippen molar-refractivity contribution in [3.63, 3.8) is 0 Å². The molecular formula is C7H16NO4+. The lowest BCUT2D eigenvalue weighted by Crippen LogP contribution is -2.50. The number of quaternary nitrogens is 1. The van der Waals surface area contributed by atoms with Crippen LogP contribution in [0.5, 0.6) is 0 Å². The molecule has 0 bridgehead atoms. The second kappa shape index (κ2) is 3.38. The van der Waals surface area contributed by atoms with Gasteiger partial charge in [0.1, 0.15) is 13.0 Å². The van der Waals surface area contributed by atoms with Crippen molar-refractivity contribution in [2.75, 3.05) is 27.7 Å². The fourth-order valence-electron chi connectivity index (χ4n) is 1.06. The van der Waals surface area contributed by atoms with E-state index in [1.54, 1.807) is 21.1 Å². The number of hydrogen-bond acceptors (Lipinski definition) is 3. The topological polar surface area (TPSA) is 77.8 Å². The minimum absolute atomic E-state index is 0.0146. The van der Waals surface area contributed by atoms with Crippen LogP contribution in [0.2, 0.25) is 0 Å². The van der Waals surface area contributed by atoms with Crippen molar-refractivity contribution in [3.05, 3.63) is 0 Å². The molecule has 0 saturated heterocycles. The van der Waals surface area contributed by atoms with Gasteiger partial charge in [-0.05, 0) is 0 Å². The van der Waals surface area contributed by atoms with Crippen LogP contribution in [0, 0.1) is 0 Å². The molecule has 0 unspecified atom stereocenters. The Hall–Kier alpha value is -0.650. The Morgan fingerprint density at radius 3 is 2.00 bits per heavy atom. The van der Waals surface area contributed by atoms with Crippen LogP contribution in [0.1, 0.15) is 6.42 Å². The van der Waals surface area contributed by atoms with Crippen LogP contribution in [-0.2, 0) is 4.79 Å². The number of aliphatic hydroxyl groups is 2. The molecule has 0 atom stereocenters. The van der Waals surface area contributed by atoms with E-state index >= 15 is 0 Å². The number of aliphatic carboxylic acids is 1. The largest absolute Gasteiger partial charge is 0.481 e. The van der Waals surface area contributed by atoms with Gasteiger partial charge in [-0.15, -0.1) is 0 Å². The molecule has 0 rings (SSSR count). The van der Waals surface area contributed by atoms with Gasteiger partial charge >= 0.3 is 5.97 Å². The molecule has 0 aromatic rings. The van der Waals surface area contributed by atoms with Gasteiger partial charge in [0.05, 0.1) is 21.1 Å². The third kappa shape index (κ3) is 6.09. The molecule has 5 nitrogen and oxygen atoms in total. The molecule has 0 spiro atoms. The van der Waals surface area contributed by atoms with E-state index in [4.69, 9.17) is 5.11 Å². The zero-order valence-electron chi connectivity index (χ0n) is 7.61. The molecule has 0 heterocycles. The van der Waals surface area contributed by atoms with Crippen molar-refractivity contribution in [1.82, 2.24) is 0 Å². The molecule has 72 valence electrons. The van der Waals surface area contributed by atoms with Crippen LogP contribution < -0.4 is 0 Å². The van der Waals surface area contributed by atoms with Crippen molar-refractivity contribution in [1.29, 1.82) is 0 Å².